The highest BCUT2D eigenvalue weighted by Gasteiger charge is 2.41. The topological polar surface area (TPSA) is 0 Å². The van der Waals surface area contributed by atoms with Crippen LogP contribution in [0.5, 0.6) is 0 Å². The maximum absolute atomic E-state index is 6.57. The molecule has 3 aromatic carbocycles. The zero-order chi connectivity index (χ0) is 14.0. The monoisotopic (exact) mass is 288 g/mol. The van der Waals surface area contributed by atoms with Crippen molar-refractivity contribution in [3.63, 3.8) is 0 Å². The number of rotatable bonds is 0. The Bertz CT molecular complexity index is 831. The van der Waals surface area contributed by atoms with Gasteiger partial charge in [-0.15, -0.1) is 0 Å². The summed E-state index contributed by atoms with van der Waals surface area (Å²) in [5.41, 5.74) is 8.40. The Morgan fingerprint density at radius 2 is 1.00 bits per heavy atom. The van der Waals surface area contributed by atoms with E-state index in [0.717, 1.165) is 5.02 Å². The molecule has 0 saturated heterocycles. The van der Waals surface area contributed by atoms with Gasteiger partial charge >= 0.3 is 0 Å². The molecule has 0 unspecified atom stereocenters. The molecule has 0 nitrogen and oxygen atoms in total. The molecule has 2 bridgehead atoms. The van der Waals surface area contributed by atoms with E-state index in [1.54, 1.807) is 0 Å². The molecule has 0 fully saturated rings. The first-order valence-corrected chi connectivity index (χ1v) is 7.70. The van der Waals surface area contributed by atoms with E-state index in [4.69, 9.17) is 11.6 Å². The van der Waals surface area contributed by atoms with Gasteiger partial charge in [0.05, 0.1) is 0 Å². The molecule has 6 rings (SSSR count). The summed E-state index contributed by atoms with van der Waals surface area (Å²) in [5, 5.41) is 0.895. The standard InChI is InChI=1S/C20H13Cl/c21-17-11-5-10-16-18-12-6-1-3-8-14(12)19(20(16)17)15-9-4-2-7-13(15)18/h1-11,18-19H. The summed E-state index contributed by atoms with van der Waals surface area (Å²) in [6.45, 7) is 0. The predicted octanol–water partition coefficient (Wildman–Crippen LogP) is 5.33. The molecule has 3 aromatic rings. The van der Waals surface area contributed by atoms with E-state index in [1.165, 1.54) is 33.4 Å². The molecule has 0 saturated carbocycles. The molecule has 0 spiro atoms. The molecule has 0 heterocycles. The summed E-state index contributed by atoms with van der Waals surface area (Å²) in [5.74, 6) is 0.613. The molecule has 3 aliphatic rings. The van der Waals surface area contributed by atoms with Gasteiger partial charge in [-0.05, 0) is 39.4 Å². The molecule has 0 atom stereocenters. The lowest BCUT2D eigenvalue weighted by atomic mass is 9.61. The molecular formula is C20H13Cl. The van der Waals surface area contributed by atoms with E-state index in [9.17, 15) is 0 Å². The summed E-state index contributed by atoms with van der Waals surface area (Å²) in [6, 6.07) is 24.0. The van der Waals surface area contributed by atoms with Crippen LogP contribution in [0.3, 0.4) is 0 Å². The van der Waals surface area contributed by atoms with Crippen LogP contribution in [-0.4, -0.2) is 0 Å². The van der Waals surface area contributed by atoms with Gasteiger partial charge in [0, 0.05) is 16.9 Å². The van der Waals surface area contributed by atoms with Crippen molar-refractivity contribution in [2.45, 2.75) is 11.8 Å². The average Bonchev–Trinajstić information content (AvgIpc) is 2.55. The van der Waals surface area contributed by atoms with Gasteiger partial charge < -0.3 is 0 Å². The summed E-state index contributed by atoms with van der Waals surface area (Å²) < 4.78 is 0. The van der Waals surface area contributed by atoms with Crippen LogP contribution < -0.4 is 0 Å². The summed E-state index contributed by atoms with van der Waals surface area (Å²) in [4.78, 5) is 0. The minimum atomic E-state index is 0.283. The van der Waals surface area contributed by atoms with Crippen molar-refractivity contribution in [3.8, 4) is 0 Å². The summed E-state index contributed by atoms with van der Waals surface area (Å²) >= 11 is 6.57. The number of benzene rings is 3. The van der Waals surface area contributed by atoms with Gasteiger partial charge in [-0.2, -0.15) is 0 Å². The second-order valence-electron chi connectivity index (χ2n) is 5.87. The highest BCUT2D eigenvalue weighted by molar-refractivity contribution is 6.31. The van der Waals surface area contributed by atoms with Crippen molar-refractivity contribution in [2.75, 3.05) is 0 Å². The van der Waals surface area contributed by atoms with Gasteiger partial charge in [0.25, 0.3) is 0 Å². The van der Waals surface area contributed by atoms with Crippen LogP contribution in [0.2, 0.25) is 5.02 Å². The largest absolute Gasteiger partial charge is 0.0840 e. The van der Waals surface area contributed by atoms with E-state index in [-0.39, 0.29) is 5.92 Å². The Morgan fingerprint density at radius 3 is 1.57 bits per heavy atom. The first kappa shape index (κ1) is 11.6. The van der Waals surface area contributed by atoms with Crippen molar-refractivity contribution >= 4 is 11.6 Å². The molecule has 21 heavy (non-hydrogen) atoms. The number of hydrogen-bond acceptors (Lipinski definition) is 0. The van der Waals surface area contributed by atoms with Gasteiger partial charge in [-0.1, -0.05) is 72.3 Å². The van der Waals surface area contributed by atoms with E-state index < -0.39 is 0 Å². The predicted molar refractivity (Wildman–Crippen MR) is 86.2 cm³/mol. The van der Waals surface area contributed by atoms with E-state index >= 15 is 0 Å². The third-order valence-electron chi connectivity index (χ3n) is 4.92. The highest BCUT2D eigenvalue weighted by Crippen LogP contribution is 2.56. The zero-order valence-corrected chi connectivity index (χ0v) is 12.1. The lowest BCUT2D eigenvalue weighted by Crippen LogP contribution is -2.27. The molecule has 0 N–H and O–H groups in total. The Balaban J connectivity index is 1.95. The fourth-order valence-corrected chi connectivity index (χ4v) is 4.46. The van der Waals surface area contributed by atoms with Gasteiger partial charge in [0.15, 0.2) is 0 Å². The van der Waals surface area contributed by atoms with E-state index in [2.05, 4.69) is 60.7 Å². The minimum Gasteiger partial charge on any atom is -0.0840 e. The molecule has 3 aliphatic carbocycles. The van der Waals surface area contributed by atoms with E-state index in [1.807, 2.05) is 6.07 Å². The van der Waals surface area contributed by atoms with Crippen molar-refractivity contribution in [1.82, 2.24) is 0 Å². The maximum atomic E-state index is 6.57. The first-order chi connectivity index (χ1) is 10.4. The first-order valence-electron chi connectivity index (χ1n) is 7.32. The van der Waals surface area contributed by atoms with E-state index in [0.29, 0.717) is 5.92 Å². The van der Waals surface area contributed by atoms with Crippen LogP contribution in [0.1, 0.15) is 45.2 Å². The van der Waals surface area contributed by atoms with Gasteiger partial charge in [-0.25, -0.2) is 0 Å². The van der Waals surface area contributed by atoms with Crippen LogP contribution in [0.15, 0.2) is 66.7 Å². The Hall–Kier alpha value is -2.05. The Morgan fingerprint density at radius 1 is 0.524 bits per heavy atom. The summed E-state index contributed by atoms with van der Waals surface area (Å²) in [7, 11) is 0. The number of hydrogen-bond donors (Lipinski definition) is 0. The fourth-order valence-electron chi connectivity index (χ4n) is 4.16. The smallest absolute Gasteiger partial charge is 0.0450 e. The van der Waals surface area contributed by atoms with Crippen LogP contribution in [-0.2, 0) is 0 Å². The fraction of sp³-hybridized carbons (Fsp3) is 0.100. The normalized spacial score (nSPS) is 20.6. The SMILES string of the molecule is Clc1cccc2c1C1c3ccccc3C2c2ccccc21. The molecule has 1 heteroatoms. The van der Waals surface area contributed by atoms with Crippen molar-refractivity contribution in [3.05, 3.63) is 105 Å². The third kappa shape index (κ3) is 1.36. The van der Waals surface area contributed by atoms with Crippen LogP contribution in [0.4, 0.5) is 0 Å². The second kappa shape index (κ2) is 3.99. The average molecular weight is 289 g/mol. The molecule has 0 radical (unpaired) electrons. The zero-order valence-electron chi connectivity index (χ0n) is 11.4. The van der Waals surface area contributed by atoms with Gasteiger partial charge in [0.1, 0.15) is 0 Å². The lowest BCUT2D eigenvalue weighted by Gasteiger charge is -2.42. The van der Waals surface area contributed by atoms with Crippen molar-refractivity contribution in [1.29, 1.82) is 0 Å². The highest BCUT2D eigenvalue weighted by atomic mass is 35.5. The lowest BCUT2D eigenvalue weighted by molar-refractivity contribution is 0.754. The molecule has 0 aromatic heterocycles. The van der Waals surface area contributed by atoms with Crippen LogP contribution in [0.25, 0.3) is 0 Å². The number of halogens is 1. The maximum Gasteiger partial charge on any atom is 0.0450 e. The van der Waals surface area contributed by atoms with Gasteiger partial charge in [-0.3, -0.25) is 0 Å². The molecular weight excluding hydrogens is 276 g/mol. The minimum absolute atomic E-state index is 0.283. The van der Waals surface area contributed by atoms with Crippen molar-refractivity contribution < 1.29 is 0 Å². The molecule has 0 aliphatic heterocycles. The molecule has 100 valence electrons. The summed E-state index contributed by atoms with van der Waals surface area (Å²) in [6.07, 6.45) is 0. The molecule has 0 amide bonds. The van der Waals surface area contributed by atoms with Crippen molar-refractivity contribution in [2.24, 2.45) is 0 Å². The quantitative estimate of drug-likeness (QED) is 0.361. The van der Waals surface area contributed by atoms with Crippen LogP contribution >= 0.6 is 11.6 Å². The van der Waals surface area contributed by atoms with Gasteiger partial charge in [0.2, 0.25) is 0 Å². The Kier molecular flexibility index (Phi) is 2.20. The third-order valence-corrected chi connectivity index (χ3v) is 5.25. The second-order valence-corrected chi connectivity index (χ2v) is 6.27. The van der Waals surface area contributed by atoms with Crippen LogP contribution in [0, 0.1) is 0 Å². The Labute approximate surface area is 129 Å².